The number of anilines is 8. The van der Waals surface area contributed by atoms with Crippen LogP contribution < -0.4 is 25.1 Å². The van der Waals surface area contributed by atoms with Crippen LogP contribution in [0.1, 0.15) is 32.4 Å². The molecule has 4 heterocycles. The molecule has 4 radical (unpaired) electrons. The van der Waals surface area contributed by atoms with E-state index < -0.39 is 0 Å². The Labute approximate surface area is 419 Å². The molecule has 336 valence electrons. The van der Waals surface area contributed by atoms with Gasteiger partial charge in [0.2, 0.25) is 0 Å². The summed E-state index contributed by atoms with van der Waals surface area (Å²) >= 11 is 3.50. The van der Waals surface area contributed by atoms with Crippen LogP contribution in [0.4, 0.5) is 46.0 Å². The van der Waals surface area contributed by atoms with Crippen molar-refractivity contribution in [1.82, 2.24) is 19.9 Å². The van der Waals surface area contributed by atoms with Crippen LogP contribution in [0.2, 0.25) is 0 Å². The fraction of sp³-hybridized carbons (Fsp3) is 0.0980. The van der Waals surface area contributed by atoms with Crippen molar-refractivity contribution < 1.29 is 51.2 Å². The van der Waals surface area contributed by atoms with Crippen LogP contribution in [-0.4, -0.2) is 38.7 Å². The van der Waals surface area contributed by atoms with Gasteiger partial charge in [-0.3, -0.25) is 0 Å². The van der Waals surface area contributed by atoms with Gasteiger partial charge in [-0.1, -0.05) is 138 Å². The van der Waals surface area contributed by atoms with Crippen molar-refractivity contribution in [3.8, 4) is 11.1 Å². The van der Waals surface area contributed by atoms with E-state index in [1.807, 2.05) is 119 Å². The van der Waals surface area contributed by atoms with Crippen molar-refractivity contribution in [2.75, 3.05) is 19.6 Å². The number of fused-ring (bicyclic) bond motifs is 2. The van der Waals surface area contributed by atoms with Gasteiger partial charge in [0, 0.05) is 76.4 Å². The van der Waals surface area contributed by atoms with Gasteiger partial charge in [-0.2, -0.15) is 36.4 Å². The Morgan fingerprint density at radius 2 is 0.938 bits per heavy atom. The van der Waals surface area contributed by atoms with Gasteiger partial charge in [0.15, 0.2) is 0 Å². The van der Waals surface area contributed by atoms with Gasteiger partial charge in [0.05, 0.1) is 0 Å². The largest absolute Gasteiger partial charge is 0.477 e. The van der Waals surface area contributed by atoms with Gasteiger partial charge in [0.1, 0.15) is 31.1 Å². The smallest absolute Gasteiger partial charge is 0.145 e. The van der Waals surface area contributed by atoms with Crippen LogP contribution >= 0.6 is 15.9 Å². The number of hydrogen-bond acceptors (Lipinski definition) is 8. The Balaban J connectivity index is 0.000000278. The Hall–Kier alpha value is -5.56. The number of halogens is 1. The zero-order valence-corrected chi connectivity index (χ0v) is 41.3. The molecule has 0 atom stereocenters. The first-order valence-corrected chi connectivity index (χ1v) is 20.5. The number of aryl methyl sites for hydroxylation is 2. The van der Waals surface area contributed by atoms with Gasteiger partial charge in [-0.25, -0.2) is 19.9 Å². The molecule has 0 bridgehead atoms. The van der Waals surface area contributed by atoms with Crippen LogP contribution in [-0.2, 0) is 53.1 Å². The van der Waals surface area contributed by atoms with Crippen LogP contribution in [0.15, 0.2) is 175 Å². The summed E-state index contributed by atoms with van der Waals surface area (Å²) in [4.78, 5) is 26.3. The second-order valence-corrected chi connectivity index (χ2v) is 14.6. The summed E-state index contributed by atoms with van der Waals surface area (Å²) in [5.41, 5.74) is 9.84. The molecule has 2 aliphatic heterocycles. The Bertz CT molecular complexity index is 2690. The number of hydrogen-bond donors (Lipinski definition) is 0. The Morgan fingerprint density at radius 1 is 0.523 bits per heavy atom. The molecule has 6 aromatic carbocycles. The molecule has 10 nitrogen and oxygen atoms in total. The monoisotopic (exact) mass is 1280 g/mol. The number of nitrogens with zero attached hydrogens (tertiary/aromatic N) is 8. The summed E-state index contributed by atoms with van der Waals surface area (Å²) in [6.07, 6.45) is 8.87. The zero-order valence-electron chi connectivity index (χ0n) is 34.9. The molecule has 0 unspecified atom stereocenters. The fourth-order valence-electron chi connectivity index (χ4n) is 6.98. The van der Waals surface area contributed by atoms with Crippen molar-refractivity contribution >= 4 is 75.3 Å². The summed E-state index contributed by atoms with van der Waals surface area (Å²) in [6.45, 7) is 8.30. The SMILES string of the molecule is Brc1cc[c-]c(N2[CH-]N(c3ccccc3)c3nccnc32)c1.C.CCc1ccccc1-c1cc[c-]c(N2[CH-]N(c3ccccc3)c3nccnc32)c1.O.O.[B]c1ccccc1CC.[Ir].[Ir]. The zero-order chi connectivity index (χ0) is 41.3. The van der Waals surface area contributed by atoms with Gasteiger partial charge < -0.3 is 30.6 Å². The fourth-order valence-corrected chi connectivity index (χ4v) is 7.33. The number of aromatic nitrogens is 4. The molecular formula is C51H48BBrIr2N8O2-4. The third-order valence-electron chi connectivity index (χ3n) is 9.96. The maximum absolute atomic E-state index is 5.63. The molecule has 10 rings (SSSR count). The van der Waals surface area contributed by atoms with Crippen LogP contribution in [0.5, 0.6) is 0 Å². The second kappa shape index (κ2) is 25.8. The predicted molar refractivity (Wildman–Crippen MR) is 262 cm³/mol. The van der Waals surface area contributed by atoms with E-state index in [9.17, 15) is 0 Å². The summed E-state index contributed by atoms with van der Waals surface area (Å²) in [5.74, 6) is 3.21. The molecule has 2 aromatic heterocycles. The van der Waals surface area contributed by atoms with Crippen molar-refractivity contribution in [1.29, 1.82) is 0 Å². The van der Waals surface area contributed by atoms with Crippen LogP contribution in [0.3, 0.4) is 0 Å². The molecule has 4 N–H and O–H groups in total. The molecule has 0 amide bonds. The van der Waals surface area contributed by atoms with E-state index in [2.05, 4.69) is 121 Å². The molecule has 0 fully saturated rings. The minimum atomic E-state index is 0. The van der Waals surface area contributed by atoms with E-state index in [0.717, 1.165) is 68.8 Å². The van der Waals surface area contributed by atoms with Crippen molar-refractivity contribution in [2.45, 2.75) is 34.1 Å². The van der Waals surface area contributed by atoms with E-state index in [0.29, 0.717) is 0 Å². The van der Waals surface area contributed by atoms with Crippen molar-refractivity contribution in [3.05, 3.63) is 211 Å². The first-order valence-electron chi connectivity index (χ1n) is 19.7. The van der Waals surface area contributed by atoms with Gasteiger partial charge in [-0.05, 0) is 48.2 Å². The Morgan fingerprint density at radius 3 is 1.40 bits per heavy atom. The summed E-state index contributed by atoms with van der Waals surface area (Å²) in [7, 11) is 5.63. The standard InChI is InChI=1S/C25H20N4.C17H11BrN4.C8H9B.CH4.2Ir.2H2O/c1-2-19-9-6-7-14-23(19)20-10-8-13-22(17-20)29-18-28(21-11-4-3-5-12-21)24-25(29)27-16-15-26-24;18-13-5-4-8-15(11-13)22-12-21(14-6-2-1-3-7-14)16-17(22)20-10-9-19-16;1-2-7-5-3-4-6-8(7)9;;;;;/h3-12,14-18H,2H2,1H3;1-7,9-12H;3-6H,2H2,1H3;1H4;;;2*1H2/q2*-2;;;;;;. The predicted octanol–water partition coefficient (Wildman–Crippen LogP) is 10.4. The first kappa shape index (κ1) is 53.8. The quantitative estimate of drug-likeness (QED) is 0.114. The van der Waals surface area contributed by atoms with Crippen molar-refractivity contribution in [3.63, 3.8) is 0 Å². The van der Waals surface area contributed by atoms with Gasteiger partial charge >= 0.3 is 0 Å². The molecule has 2 aliphatic rings. The first-order chi connectivity index (χ1) is 29.5. The topological polar surface area (TPSA) is 128 Å². The van der Waals surface area contributed by atoms with E-state index in [-0.39, 0.29) is 58.6 Å². The van der Waals surface area contributed by atoms with E-state index >= 15 is 0 Å². The average Bonchev–Trinajstić information content (AvgIpc) is 3.90. The minimum Gasteiger partial charge on any atom is -0.477 e. The Kier molecular flexibility index (Phi) is 21.4. The molecule has 0 spiro atoms. The number of rotatable bonds is 7. The van der Waals surface area contributed by atoms with Crippen LogP contribution in [0.25, 0.3) is 11.1 Å². The molecular weight excluding hydrogens is 1230 g/mol. The second-order valence-electron chi connectivity index (χ2n) is 13.7. The van der Waals surface area contributed by atoms with E-state index in [4.69, 9.17) is 7.85 Å². The van der Waals surface area contributed by atoms with Gasteiger partial charge in [-0.15, -0.1) is 42.4 Å². The third kappa shape index (κ3) is 12.4. The number of para-hydroxylation sites is 2. The average molecular weight is 1280 g/mol. The van der Waals surface area contributed by atoms with E-state index in [1.165, 1.54) is 22.3 Å². The normalized spacial score (nSPS) is 11.6. The molecule has 0 saturated carbocycles. The maximum atomic E-state index is 5.63. The molecule has 65 heavy (non-hydrogen) atoms. The van der Waals surface area contributed by atoms with Gasteiger partial charge in [0.25, 0.3) is 0 Å². The molecule has 0 aliphatic carbocycles. The summed E-state index contributed by atoms with van der Waals surface area (Å²) < 4.78 is 0.998. The maximum Gasteiger partial charge on any atom is 0.145 e. The minimum absolute atomic E-state index is 0. The summed E-state index contributed by atoms with van der Waals surface area (Å²) in [6, 6.07) is 55.5. The molecule has 0 saturated heterocycles. The third-order valence-corrected chi connectivity index (χ3v) is 10.5. The molecule has 14 heteroatoms. The van der Waals surface area contributed by atoms with Crippen molar-refractivity contribution in [2.24, 2.45) is 0 Å². The summed E-state index contributed by atoms with van der Waals surface area (Å²) in [5, 5.41) is 0. The number of benzene rings is 6. The van der Waals surface area contributed by atoms with Crippen LogP contribution in [0, 0.1) is 25.5 Å². The molecule has 8 aromatic rings. The van der Waals surface area contributed by atoms with E-state index in [1.54, 1.807) is 24.8 Å².